The van der Waals surface area contributed by atoms with Crippen molar-refractivity contribution in [3.05, 3.63) is 61.2 Å². The lowest BCUT2D eigenvalue weighted by atomic mass is 9.93. The summed E-state index contributed by atoms with van der Waals surface area (Å²) in [5.41, 5.74) is 0.514. The first-order valence-electron chi connectivity index (χ1n) is 7.55. The third-order valence-electron chi connectivity index (χ3n) is 3.77. The van der Waals surface area contributed by atoms with E-state index in [1.54, 1.807) is 43.3 Å². The first kappa shape index (κ1) is 17.0. The smallest absolute Gasteiger partial charge is 0.314 e. The van der Waals surface area contributed by atoms with E-state index in [-0.39, 0.29) is 12.5 Å². The van der Waals surface area contributed by atoms with Crippen LogP contribution in [-0.4, -0.2) is 36.7 Å². The van der Waals surface area contributed by atoms with Crippen LogP contribution >= 0.6 is 0 Å². The first-order valence-corrected chi connectivity index (χ1v) is 7.55. The fraction of sp³-hybridized carbons (Fsp3) is 0.333. The van der Waals surface area contributed by atoms with Crippen molar-refractivity contribution in [3.63, 3.8) is 0 Å². The van der Waals surface area contributed by atoms with Crippen LogP contribution in [0, 0.1) is 5.92 Å². The Balaban J connectivity index is 2.23. The Bertz CT molecular complexity index is 584. The van der Waals surface area contributed by atoms with E-state index in [0.717, 1.165) is 0 Å². The summed E-state index contributed by atoms with van der Waals surface area (Å²) >= 11 is 0. The van der Waals surface area contributed by atoms with Crippen LogP contribution in [0.4, 0.5) is 0 Å². The standard InChI is InChI=1S/C18H21NO4/c1-4-13-15(18(21)22-6-3)16(14(5-2)23-13)19-17(20)12-10-8-7-9-11-12/h4-5,7-11,13-16H,1-2,6H2,3H3,(H,19,20)/t13-,14+,15-,16+/m1/s1. The number of carbonyl (C=O) groups excluding carboxylic acids is 2. The molecule has 122 valence electrons. The molecule has 1 N–H and O–H groups in total. The van der Waals surface area contributed by atoms with Crippen LogP contribution in [0.3, 0.4) is 0 Å². The van der Waals surface area contributed by atoms with Gasteiger partial charge in [0.25, 0.3) is 5.91 Å². The molecule has 0 unspecified atom stereocenters. The number of nitrogens with one attached hydrogen (secondary N) is 1. The summed E-state index contributed by atoms with van der Waals surface area (Å²) in [6.45, 7) is 9.41. The summed E-state index contributed by atoms with van der Waals surface area (Å²) in [5.74, 6) is -1.34. The van der Waals surface area contributed by atoms with Crippen LogP contribution in [0.2, 0.25) is 0 Å². The number of hydrogen-bond acceptors (Lipinski definition) is 4. The number of benzene rings is 1. The molecule has 1 aliphatic heterocycles. The minimum absolute atomic E-state index is 0.261. The van der Waals surface area contributed by atoms with Crippen LogP contribution in [-0.2, 0) is 14.3 Å². The summed E-state index contributed by atoms with van der Waals surface area (Å²) in [7, 11) is 0. The Morgan fingerprint density at radius 1 is 1.22 bits per heavy atom. The van der Waals surface area contributed by atoms with Crippen molar-refractivity contribution in [2.75, 3.05) is 6.61 Å². The van der Waals surface area contributed by atoms with Gasteiger partial charge in [0, 0.05) is 5.56 Å². The topological polar surface area (TPSA) is 64.6 Å². The van der Waals surface area contributed by atoms with Gasteiger partial charge in [0.1, 0.15) is 5.92 Å². The molecule has 0 bridgehead atoms. The number of hydrogen-bond donors (Lipinski definition) is 1. The molecule has 1 aromatic carbocycles. The Kier molecular flexibility index (Phi) is 5.71. The van der Waals surface area contributed by atoms with E-state index < -0.39 is 30.1 Å². The molecule has 0 spiro atoms. The second-order valence-corrected chi connectivity index (χ2v) is 5.18. The lowest BCUT2D eigenvalue weighted by molar-refractivity contribution is -0.149. The molecule has 1 amide bonds. The van der Waals surface area contributed by atoms with Crippen LogP contribution in [0.15, 0.2) is 55.6 Å². The van der Waals surface area contributed by atoms with Crippen molar-refractivity contribution in [2.24, 2.45) is 5.92 Å². The highest BCUT2D eigenvalue weighted by Gasteiger charge is 2.47. The molecule has 4 atom stereocenters. The lowest BCUT2D eigenvalue weighted by Crippen LogP contribution is -2.47. The van der Waals surface area contributed by atoms with Crippen molar-refractivity contribution in [2.45, 2.75) is 25.2 Å². The quantitative estimate of drug-likeness (QED) is 0.645. The maximum absolute atomic E-state index is 12.4. The fourth-order valence-corrected chi connectivity index (χ4v) is 2.68. The molecule has 1 aliphatic rings. The molecule has 0 aliphatic carbocycles. The normalized spacial score (nSPS) is 26.3. The molecule has 0 aromatic heterocycles. The Morgan fingerprint density at radius 2 is 1.87 bits per heavy atom. The molecule has 0 radical (unpaired) electrons. The molecule has 0 saturated carbocycles. The molecule has 1 heterocycles. The zero-order chi connectivity index (χ0) is 16.8. The maximum Gasteiger partial charge on any atom is 0.314 e. The highest BCUT2D eigenvalue weighted by Crippen LogP contribution is 2.30. The van der Waals surface area contributed by atoms with Gasteiger partial charge in [-0.1, -0.05) is 30.4 Å². The molecule has 1 fully saturated rings. The number of amides is 1. The minimum Gasteiger partial charge on any atom is -0.466 e. The SMILES string of the molecule is C=C[C@@H]1O[C@H](C=C)[C@@H](C(=O)OCC)[C@H]1NC(=O)c1ccccc1. The van der Waals surface area contributed by atoms with Gasteiger partial charge in [0.15, 0.2) is 0 Å². The molecule has 2 rings (SSSR count). The zero-order valence-corrected chi connectivity index (χ0v) is 13.1. The average Bonchev–Trinajstić information content (AvgIpc) is 2.93. The molecular formula is C18H21NO4. The number of esters is 1. The van der Waals surface area contributed by atoms with E-state index in [4.69, 9.17) is 9.47 Å². The average molecular weight is 315 g/mol. The second-order valence-electron chi connectivity index (χ2n) is 5.18. The van der Waals surface area contributed by atoms with E-state index in [2.05, 4.69) is 18.5 Å². The Morgan fingerprint density at radius 3 is 2.43 bits per heavy atom. The lowest BCUT2D eigenvalue weighted by Gasteiger charge is -2.22. The van der Waals surface area contributed by atoms with E-state index in [1.807, 2.05) is 6.07 Å². The van der Waals surface area contributed by atoms with Gasteiger partial charge in [0.2, 0.25) is 0 Å². The third-order valence-corrected chi connectivity index (χ3v) is 3.77. The van der Waals surface area contributed by atoms with Crippen LogP contribution in [0.5, 0.6) is 0 Å². The highest BCUT2D eigenvalue weighted by molar-refractivity contribution is 5.94. The molecule has 23 heavy (non-hydrogen) atoms. The third kappa shape index (κ3) is 3.68. The van der Waals surface area contributed by atoms with E-state index in [0.29, 0.717) is 5.56 Å². The molecule has 5 nitrogen and oxygen atoms in total. The molecule has 1 aromatic rings. The molecule has 1 saturated heterocycles. The number of rotatable bonds is 6. The number of ether oxygens (including phenoxy) is 2. The molecular weight excluding hydrogens is 294 g/mol. The molecule has 5 heteroatoms. The Labute approximate surface area is 136 Å². The largest absolute Gasteiger partial charge is 0.466 e. The van der Waals surface area contributed by atoms with Gasteiger partial charge in [-0.05, 0) is 19.1 Å². The van der Waals surface area contributed by atoms with Crippen molar-refractivity contribution in [1.82, 2.24) is 5.32 Å². The fourth-order valence-electron chi connectivity index (χ4n) is 2.68. The highest BCUT2D eigenvalue weighted by atomic mass is 16.5. The van der Waals surface area contributed by atoms with Crippen LogP contribution < -0.4 is 5.32 Å². The predicted molar refractivity (Wildman–Crippen MR) is 86.9 cm³/mol. The summed E-state index contributed by atoms with van der Waals surface area (Å²) < 4.78 is 10.9. The minimum atomic E-state index is -0.650. The van der Waals surface area contributed by atoms with Crippen molar-refractivity contribution in [3.8, 4) is 0 Å². The second kappa shape index (κ2) is 7.74. The first-order chi connectivity index (χ1) is 11.1. The van der Waals surface area contributed by atoms with Gasteiger partial charge >= 0.3 is 5.97 Å². The van der Waals surface area contributed by atoms with Crippen LogP contribution in [0.25, 0.3) is 0 Å². The van der Waals surface area contributed by atoms with Crippen LogP contribution in [0.1, 0.15) is 17.3 Å². The van der Waals surface area contributed by atoms with E-state index in [9.17, 15) is 9.59 Å². The Hall–Kier alpha value is -2.40. The maximum atomic E-state index is 12.4. The van der Waals surface area contributed by atoms with Gasteiger partial charge in [0.05, 0.1) is 24.9 Å². The number of carbonyl (C=O) groups is 2. The zero-order valence-electron chi connectivity index (χ0n) is 13.1. The van der Waals surface area contributed by atoms with Crippen molar-refractivity contribution in [1.29, 1.82) is 0 Å². The van der Waals surface area contributed by atoms with Gasteiger partial charge in [-0.15, -0.1) is 13.2 Å². The van der Waals surface area contributed by atoms with Crippen molar-refractivity contribution < 1.29 is 19.1 Å². The van der Waals surface area contributed by atoms with Gasteiger partial charge in [-0.25, -0.2) is 0 Å². The van der Waals surface area contributed by atoms with Gasteiger partial charge in [-0.2, -0.15) is 0 Å². The van der Waals surface area contributed by atoms with E-state index in [1.165, 1.54) is 0 Å². The summed E-state index contributed by atoms with van der Waals surface area (Å²) in [4.78, 5) is 24.7. The summed E-state index contributed by atoms with van der Waals surface area (Å²) in [6.07, 6.45) is 2.11. The van der Waals surface area contributed by atoms with Crippen molar-refractivity contribution >= 4 is 11.9 Å². The van der Waals surface area contributed by atoms with Gasteiger partial charge in [-0.3, -0.25) is 9.59 Å². The monoisotopic (exact) mass is 315 g/mol. The summed E-state index contributed by atoms with van der Waals surface area (Å²) in [6, 6.07) is 8.25. The predicted octanol–water partition coefficient (Wildman–Crippen LogP) is 2.10. The van der Waals surface area contributed by atoms with E-state index >= 15 is 0 Å². The van der Waals surface area contributed by atoms with Gasteiger partial charge < -0.3 is 14.8 Å². The summed E-state index contributed by atoms with van der Waals surface area (Å²) in [5, 5.41) is 2.87.